The predicted octanol–water partition coefficient (Wildman–Crippen LogP) is 3.51. The van der Waals surface area contributed by atoms with E-state index in [9.17, 15) is 9.90 Å². The molecule has 0 spiro atoms. The van der Waals surface area contributed by atoms with Gasteiger partial charge in [-0.2, -0.15) is 4.98 Å². The fourth-order valence-corrected chi connectivity index (χ4v) is 5.07. The highest BCUT2D eigenvalue weighted by molar-refractivity contribution is 5.77. The zero-order valence-corrected chi connectivity index (χ0v) is 24.4. The van der Waals surface area contributed by atoms with Crippen molar-refractivity contribution in [3.8, 4) is 17.7 Å². The van der Waals surface area contributed by atoms with Crippen LogP contribution in [-0.2, 0) is 12.1 Å². The van der Waals surface area contributed by atoms with Gasteiger partial charge in [0.1, 0.15) is 11.0 Å². The summed E-state index contributed by atoms with van der Waals surface area (Å²) in [5.41, 5.74) is 0.949. The lowest BCUT2D eigenvalue weighted by Crippen LogP contribution is -2.54. The summed E-state index contributed by atoms with van der Waals surface area (Å²) in [7, 11) is 0. The first-order chi connectivity index (χ1) is 21.3. The SMILES string of the molecule is [2H]C([2H])([2H])N1[C@H](C)CN(CC#Cc2ccc(Nc3ncc4c(=O)n(CC=C)n(-c5cccc(C(C)(C)O)n5)c4n3)cc2)C[C@@H]1C. The van der Waals surface area contributed by atoms with E-state index >= 15 is 0 Å². The molecule has 4 aromatic rings. The molecule has 2 atom stereocenters. The highest BCUT2D eigenvalue weighted by Gasteiger charge is 2.25. The van der Waals surface area contributed by atoms with Gasteiger partial charge in [-0.3, -0.25) is 14.6 Å². The Hall–Kier alpha value is -4.30. The van der Waals surface area contributed by atoms with Crippen LogP contribution in [0.1, 0.15) is 43.1 Å². The van der Waals surface area contributed by atoms with Crippen LogP contribution < -0.4 is 10.9 Å². The van der Waals surface area contributed by atoms with Crippen LogP contribution in [-0.4, -0.2) is 77.9 Å². The second-order valence-electron chi connectivity index (χ2n) is 11.2. The molecule has 0 amide bonds. The Labute approximate surface area is 250 Å². The minimum absolute atomic E-state index is 0.0841. The Balaban J connectivity index is 1.33. The van der Waals surface area contributed by atoms with Crippen LogP contribution in [0, 0.1) is 11.8 Å². The standard InChI is InChI=1S/C32H38N8O2/c1-7-17-39-30(41)26-19-33-31(36-29(26)40(39)28-12-8-11-27(35-28)32(4,5)42)34-25-15-13-24(14-16-25)10-9-18-38-20-22(2)37(6)23(3)21-38/h7-8,11-16,19,22-23,42H,1,17-18,20-21H2,2-6H3,(H,33,34,36)/t22-,23+/i6D3. The molecular weight excluding hydrogens is 528 g/mol. The molecule has 4 heterocycles. The van der Waals surface area contributed by atoms with Gasteiger partial charge in [0.25, 0.3) is 5.56 Å². The Bertz CT molecular complexity index is 1800. The van der Waals surface area contributed by atoms with Crippen molar-refractivity contribution < 1.29 is 9.22 Å². The minimum atomic E-state index is -2.10. The topological polar surface area (TPSA) is 104 Å². The van der Waals surface area contributed by atoms with Gasteiger partial charge >= 0.3 is 0 Å². The molecule has 1 aliphatic rings. The molecule has 1 aliphatic heterocycles. The Morgan fingerprint density at radius 2 is 1.90 bits per heavy atom. The van der Waals surface area contributed by atoms with Crippen LogP contribution in [0.15, 0.2) is 66.1 Å². The van der Waals surface area contributed by atoms with Gasteiger partial charge in [0, 0.05) is 46.7 Å². The minimum Gasteiger partial charge on any atom is -0.384 e. The molecule has 5 rings (SSSR count). The van der Waals surface area contributed by atoms with Crippen LogP contribution in [0.25, 0.3) is 16.9 Å². The van der Waals surface area contributed by atoms with E-state index in [1.165, 1.54) is 10.9 Å². The number of allylic oxidation sites excluding steroid dienone is 1. The van der Waals surface area contributed by atoms with E-state index in [1.807, 2.05) is 38.1 Å². The number of aliphatic hydroxyl groups is 1. The van der Waals surface area contributed by atoms with Crippen molar-refractivity contribution in [1.29, 1.82) is 0 Å². The average Bonchev–Trinajstić information content (AvgIpc) is 3.23. The molecule has 0 aliphatic carbocycles. The quantitative estimate of drug-likeness (QED) is 0.258. The van der Waals surface area contributed by atoms with E-state index in [0.29, 0.717) is 48.1 Å². The van der Waals surface area contributed by atoms with E-state index < -0.39 is 12.6 Å². The fourth-order valence-electron chi connectivity index (χ4n) is 5.07. The molecule has 1 aromatic carbocycles. The maximum absolute atomic E-state index is 13.3. The van der Waals surface area contributed by atoms with E-state index in [2.05, 4.69) is 43.6 Å². The first-order valence-corrected chi connectivity index (χ1v) is 13.9. The van der Waals surface area contributed by atoms with Crippen molar-refractivity contribution >= 4 is 22.7 Å². The largest absolute Gasteiger partial charge is 0.384 e. The summed E-state index contributed by atoms with van der Waals surface area (Å²) in [6.07, 6.45) is 3.11. The third kappa shape index (κ3) is 6.14. The zero-order chi connectivity index (χ0) is 32.5. The van der Waals surface area contributed by atoms with Crippen LogP contribution in [0.3, 0.4) is 0 Å². The maximum atomic E-state index is 13.3. The van der Waals surface area contributed by atoms with Gasteiger partial charge < -0.3 is 10.4 Å². The molecule has 3 aromatic heterocycles. The third-order valence-electron chi connectivity index (χ3n) is 7.23. The third-order valence-corrected chi connectivity index (χ3v) is 7.23. The second-order valence-corrected chi connectivity index (χ2v) is 11.2. The Kier molecular flexibility index (Phi) is 7.20. The second kappa shape index (κ2) is 11.9. The summed E-state index contributed by atoms with van der Waals surface area (Å²) in [5, 5.41) is 14.0. The summed E-state index contributed by atoms with van der Waals surface area (Å²) in [6, 6.07) is 12.6. The molecule has 42 heavy (non-hydrogen) atoms. The van der Waals surface area contributed by atoms with E-state index in [-0.39, 0.29) is 24.2 Å². The van der Waals surface area contributed by atoms with Crippen molar-refractivity contribution in [2.24, 2.45) is 0 Å². The predicted molar refractivity (Wildman–Crippen MR) is 166 cm³/mol. The monoisotopic (exact) mass is 569 g/mol. The number of likely N-dealkylation sites (N-methyl/N-ethyl adjacent to an activating group) is 1. The van der Waals surface area contributed by atoms with E-state index in [1.54, 1.807) is 47.7 Å². The van der Waals surface area contributed by atoms with Crippen molar-refractivity contribution in [3.63, 3.8) is 0 Å². The average molecular weight is 570 g/mol. The molecule has 2 N–H and O–H groups in total. The summed E-state index contributed by atoms with van der Waals surface area (Å²) in [6.45, 7) is 11.0. The lowest BCUT2D eigenvalue weighted by molar-refractivity contribution is 0.0685. The number of nitrogens with zero attached hydrogens (tertiary/aromatic N) is 7. The lowest BCUT2D eigenvalue weighted by atomic mass is 10.1. The number of fused-ring (bicyclic) bond motifs is 1. The Morgan fingerprint density at radius 3 is 2.57 bits per heavy atom. The fraction of sp³-hybridized carbons (Fsp3) is 0.375. The van der Waals surface area contributed by atoms with Crippen LogP contribution in [0.4, 0.5) is 11.6 Å². The summed E-state index contributed by atoms with van der Waals surface area (Å²) < 4.78 is 26.5. The molecular formula is C32H38N8O2. The van der Waals surface area contributed by atoms with Crippen LogP contribution in [0.2, 0.25) is 0 Å². The van der Waals surface area contributed by atoms with Crippen molar-refractivity contribution in [2.45, 2.75) is 51.9 Å². The highest BCUT2D eigenvalue weighted by Crippen LogP contribution is 2.22. The van der Waals surface area contributed by atoms with Crippen LogP contribution >= 0.6 is 0 Å². The summed E-state index contributed by atoms with van der Waals surface area (Å²) in [5.74, 6) is 7.13. The van der Waals surface area contributed by atoms with Gasteiger partial charge in [-0.05, 0) is 71.1 Å². The van der Waals surface area contributed by atoms with Crippen molar-refractivity contribution in [3.05, 3.63) is 82.9 Å². The molecule has 0 unspecified atom stereocenters. The maximum Gasteiger partial charge on any atom is 0.278 e. The molecule has 0 radical (unpaired) electrons. The number of rotatable bonds is 7. The smallest absolute Gasteiger partial charge is 0.278 e. The van der Waals surface area contributed by atoms with Crippen molar-refractivity contribution in [2.75, 3.05) is 31.9 Å². The first kappa shape index (κ1) is 25.4. The molecule has 0 saturated carbocycles. The lowest BCUT2D eigenvalue weighted by Gasteiger charge is -2.41. The molecule has 1 saturated heterocycles. The molecule has 1 fully saturated rings. The van der Waals surface area contributed by atoms with Crippen LogP contribution in [0.5, 0.6) is 0 Å². The van der Waals surface area contributed by atoms with E-state index in [0.717, 1.165) is 11.3 Å². The summed E-state index contributed by atoms with van der Waals surface area (Å²) in [4.78, 5) is 30.7. The van der Waals surface area contributed by atoms with E-state index in [4.69, 9.17) is 4.11 Å². The van der Waals surface area contributed by atoms with Gasteiger partial charge in [-0.15, -0.1) is 6.58 Å². The number of hydrogen-bond acceptors (Lipinski definition) is 8. The number of aromatic nitrogens is 5. The number of nitrogens with one attached hydrogen (secondary N) is 1. The highest BCUT2D eigenvalue weighted by atomic mass is 16.3. The van der Waals surface area contributed by atoms with Gasteiger partial charge in [0.2, 0.25) is 5.95 Å². The summed E-state index contributed by atoms with van der Waals surface area (Å²) >= 11 is 0. The number of piperazine rings is 1. The van der Waals surface area contributed by atoms with Gasteiger partial charge in [-0.25, -0.2) is 19.3 Å². The number of hydrogen-bond donors (Lipinski definition) is 2. The number of pyridine rings is 1. The first-order valence-electron chi connectivity index (χ1n) is 15.4. The number of benzene rings is 1. The normalized spacial score (nSPS) is 19.4. The Morgan fingerprint density at radius 1 is 1.17 bits per heavy atom. The number of anilines is 2. The molecule has 0 bridgehead atoms. The van der Waals surface area contributed by atoms with Gasteiger partial charge in [0.15, 0.2) is 11.5 Å². The zero-order valence-electron chi connectivity index (χ0n) is 27.4. The van der Waals surface area contributed by atoms with Gasteiger partial charge in [-0.1, -0.05) is 24.0 Å². The van der Waals surface area contributed by atoms with Gasteiger partial charge in [0.05, 0.1) is 18.8 Å². The molecule has 10 nitrogen and oxygen atoms in total. The molecule has 10 heteroatoms. The van der Waals surface area contributed by atoms with Crippen molar-refractivity contribution in [1.82, 2.24) is 34.1 Å². The molecule has 218 valence electrons.